The summed E-state index contributed by atoms with van der Waals surface area (Å²) in [6, 6.07) is 12.0. The highest BCUT2D eigenvalue weighted by Gasteiger charge is 2.21. The molecule has 19 heavy (non-hydrogen) atoms. The first-order valence-electron chi connectivity index (χ1n) is 7.42. The van der Waals surface area contributed by atoms with Crippen LogP contribution in [-0.4, -0.2) is 36.6 Å². The molecular weight excluding hydrogens is 232 g/mol. The van der Waals surface area contributed by atoms with E-state index in [0.29, 0.717) is 12.1 Å². The molecule has 1 aromatic carbocycles. The smallest absolute Gasteiger partial charge is 0.0235 e. The van der Waals surface area contributed by atoms with Gasteiger partial charge in [0.25, 0.3) is 0 Å². The van der Waals surface area contributed by atoms with Crippen LogP contribution in [0.3, 0.4) is 0 Å². The van der Waals surface area contributed by atoms with Gasteiger partial charge in [-0.3, -0.25) is 4.90 Å². The number of hydrogen-bond donors (Lipinski definition) is 1. The highest BCUT2D eigenvalue weighted by atomic mass is 15.2. The SMILES string of the molecule is C/C=C/CN1CC(Cc2ccccc2)NCCC1C. The molecule has 0 radical (unpaired) electrons. The predicted molar refractivity (Wildman–Crippen MR) is 82.4 cm³/mol. The molecule has 1 saturated heterocycles. The lowest BCUT2D eigenvalue weighted by atomic mass is 10.1. The Kier molecular flexibility index (Phi) is 5.62. The molecule has 1 aliphatic rings. The average Bonchev–Trinajstić information content (AvgIpc) is 2.60. The zero-order chi connectivity index (χ0) is 13.5. The van der Waals surface area contributed by atoms with Crippen molar-refractivity contribution in [2.45, 2.75) is 38.8 Å². The van der Waals surface area contributed by atoms with E-state index in [2.05, 4.69) is 66.5 Å². The van der Waals surface area contributed by atoms with E-state index in [9.17, 15) is 0 Å². The fraction of sp³-hybridized carbons (Fsp3) is 0.529. The van der Waals surface area contributed by atoms with Crippen LogP contribution in [0.25, 0.3) is 0 Å². The average molecular weight is 258 g/mol. The first-order chi connectivity index (χ1) is 9.29. The van der Waals surface area contributed by atoms with E-state index in [-0.39, 0.29) is 0 Å². The highest BCUT2D eigenvalue weighted by molar-refractivity contribution is 5.16. The van der Waals surface area contributed by atoms with Gasteiger partial charge in [0, 0.05) is 25.2 Å². The van der Waals surface area contributed by atoms with E-state index in [0.717, 1.165) is 26.1 Å². The summed E-state index contributed by atoms with van der Waals surface area (Å²) in [6.45, 7) is 7.79. The molecule has 0 amide bonds. The molecule has 1 N–H and O–H groups in total. The van der Waals surface area contributed by atoms with E-state index in [4.69, 9.17) is 0 Å². The Morgan fingerprint density at radius 2 is 2.11 bits per heavy atom. The van der Waals surface area contributed by atoms with Gasteiger partial charge in [-0.05, 0) is 38.8 Å². The summed E-state index contributed by atoms with van der Waals surface area (Å²) in [7, 11) is 0. The number of nitrogens with zero attached hydrogens (tertiary/aromatic N) is 1. The summed E-state index contributed by atoms with van der Waals surface area (Å²) in [4.78, 5) is 2.59. The molecule has 2 heteroatoms. The lowest BCUT2D eigenvalue weighted by molar-refractivity contribution is 0.226. The van der Waals surface area contributed by atoms with E-state index >= 15 is 0 Å². The van der Waals surface area contributed by atoms with Crippen LogP contribution in [0.5, 0.6) is 0 Å². The molecule has 1 heterocycles. The summed E-state index contributed by atoms with van der Waals surface area (Å²) >= 11 is 0. The van der Waals surface area contributed by atoms with Crippen molar-refractivity contribution in [3.8, 4) is 0 Å². The van der Waals surface area contributed by atoms with Crippen LogP contribution in [0.15, 0.2) is 42.5 Å². The first kappa shape index (κ1) is 14.3. The van der Waals surface area contributed by atoms with Gasteiger partial charge >= 0.3 is 0 Å². The standard InChI is InChI=1S/C17H26N2/c1-3-4-12-19-14-17(18-11-10-15(19)2)13-16-8-6-5-7-9-16/h3-9,15,17-18H,10-14H2,1-2H3/b4-3+. The maximum absolute atomic E-state index is 3.70. The second-order valence-corrected chi connectivity index (χ2v) is 5.50. The fourth-order valence-corrected chi connectivity index (χ4v) is 2.74. The quantitative estimate of drug-likeness (QED) is 0.836. The molecule has 0 saturated carbocycles. The second-order valence-electron chi connectivity index (χ2n) is 5.50. The van der Waals surface area contributed by atoms with Crippen molar-refractivity contribution in [2.75, 3.05) is 19.6 Å². The minimum absolute atomic E-state index is 0.567. The largest absolute Gasteiger partial charge is 0.312 e. The van der Waals surface area contributed by atoms with Crippen molar-refractivity contribution < 1.29 is 0 Å². The van der Waals surface area contributed by atoms with Crippen LogP contribution in [0.4, 0.5) is 0 Å². The van der Waals surface area contributed by atoms with Gasteiger partial charge in [0.1, 0.15) is 0 Å². The van der Waals surface area contributed by atoms with Crippen LogP contribution in [0.2, 0.25) is 0 Å². The Balaban J connectivity index is 1.96. The van der Waals surface area contributed by atoms with E-state index < -0.39 is 0 Å². The van der Waals surface area contributed by atoms with Crippen molar-refractivity contribution in [1.29, 1.82) is 0 Å². The Labute approximate surface area is 117 Å². The van der Waals surface area contributed by atoms with Gasteiger partial charge in [0.2, 0.25) is 0 Å². The van der Waals surface area contributed by atoms with Crippen molar-refractivity contribution >= 4 is 0 Å². The second kappa shape index (κ2) is 7.46. The maximum atomic E-state index is 3.70. The zero-order valence-electron chi connectivity index (χ0n) is 12.2. The Hall–Kier alpha value is -1.12. The summed E-state index contributed by atoms with van der Waals surface area (Å²) in [5.74, 6) is 0. The molecular formula is C17H26N2. The van der Waals surface area contributed by atoms with Crippen molar-refractivity contribution in [3.05, 3.63) is 48.0 Å². The minimum Gasteiger partial charge on any atom is -0.312 e. The highest BCUT2D eigenvalue weighted by Crippen LogP contribution is 2.12. The van der Waals surface area contributed by atoms with Gasteiger partial charge in [-0.2, -0.15) is 0 Å². The maximum Gasteiger partial charge on any atom is 0.0235 e. The Morgan fingerprint density at radius 3 is 2.84 bits per heavy atom. The third-order valence-corrected chi connectivity index (χ3v) is 3.97. The monoisotopic (exact) mass is 258 g/mol. The first-order valence-corrected chi connectivity index (χ1v) is 7.42. The molecule has 2 unspecified atom stereocenters. The van der Waals surface area contributed by atoms with Crippen LogP contribution in [0.1, 0.15) is 25.8 Å². The van der Waals surface area contributed by atoms with Gasteiger partial charge in [-0.25, -0.2) is 0 Å². The minimum atomic E-state index is 0.567. The number of hydrogen-bond acceptors (Lipinski definition) is 2. The number of benzene rings is 1. The van der Waals surface area contributed by atoms with E-state index in [1.165, 1.54) is 12.0 Å². The van der Waals surface area contributed by atoms with Crippen LogP contribution in [0, 0.1) is 0 Å². The lowest BCUT2D eigenvalue weighted by Crippen LogP contribution is -2.41. The molecule has 0 aliphatic carbocycles. The van der Waals surface area contributed by atoms with Gasteiger partial charge in [-0.1, -0.05) is 42.5 Å². The van der Waals surface area contributed by atoms with E-state index in [1.807, 2.05) is 0 Å². The Bertz CT molecular complexity index is 386. The van der Waals surface area contributed by atoms with Crippen molar-refractivity contribution in [1.82, 2.24) is 10.2 Å². The Morgan fingerprint density at radius 1 is 1.32 bits per heavy atom. The van der Waals surface area contributed by atoms with Crippen LogP contribution < -0.4 is 5.32 Å². The van der Waals surface area contributed by atoms with Gasteiger partial charge in [0.05, 0.1) is 0 Å². The fourth-order valence-electron chi connectivity index (χ4n) is 2.74. The zero-order valence-corrected chi connectivity index (χ0v) is 12.2. The normalized spacial score (nSPS) is 25.6. The molecule has 1 aliphatic heterocycles. The molecule has 0 spiro atoms. The van der Waals surface area contributed by atoms with Crippen LogP contribution >= 0.6 is 0 Å². The van der Waals surface area contributed by atoms with Crippen molar-refractivity contribution in [3.63, 3.8) is 0 Å². The summed E-state index contributed by atoms with van der Waals surface area (Å²) in [6.07, 6.45) is 6.78. The third kappa shape index (κ3) is 4.48. The topological polar surface area (TPSA) is 15.3 Å². The van der Waals surface area contributed by atoms with Gasteiger partial charge < -0.3 is 5.32 Å². The molecule has 1 fully saturated rings. The summed E-state index contributed by atoms with van der Waals surface area (Å²) < 4.78 is 0. The van der Waals surface area contributed by atoms with Gasteiger partial charge in [-0.15, -0.1) is 0 Å². The molecule has 2 rings (SSSR count). The summed E-state index contributed by atoms with van der Waals surface area (Å²) in [5, 5.41) is 3.70. The molecule has 2 atom stereocenters. The van der Waals surface area contributed by atoms with Crippen molar-refractivity contribution in [2.24, 2.45) is 0 Å². The van der Waals surface area contributed by atoms with Gasteiger partial charge in [0.15, 0.2) is 0 Å². The number of allylic oxidation sites excluding steroid dienone is 1. The van der Waals surface area contributed by atoms with E-state index in [1.54, 1.807) is 0 Å². The molecule has 0 aromatic heterocycles. The molecule has 0 bridgehead atoms. The lowest BCUT2D eigenvalue weighted by Gasteiger charge is -2.28. The van der Waals surface area contributed by atoms with Crippen LogP contribution in [-0.2, 0) is 6.42 Å². The molecule has 1 aromatic rings. The molecule has 104 valence electrons. The predicted octanol–water partition coefficient (Wildman–Crippen LogP) is 2.86. The molecule has 2 nitrogen and oxygen atoms in total. The number of nitrogens with one attached hydrogen (secondary N) is 1. The summed E-state index contributed by atoms with van der Waals surface area (Å²) in [5.41, 5.74) is 1.43. The third-order valence-electron chi connectivity index (χ3n) is 3.97. The number of rotatable bonds is 4.